The molecule has 0 aliphatic heterocycles. The number of rotatable bonds is 4. The van der Waals surface area contributed by atoms with Crippen molar-refractivity contribution in [1.82, 2.24) is 0 Å². The first-order valence-corrected chi connectivity index (χ1v) is 6.55. The van der Waals surface area contributed by atoms with E-state index in [2.05, 4.69) is 37.4 Å². The van der Waals surface area contributed by atoms with Crippen molar-refractivity contribution in [3.63, 3.8) is 0 Å². The highest BCUT2D eigenvalue weighted by Gasteiger charge is 2.09. The normalized spacial score (nSPS) is 11.9. The lowest BCUT2D eigenvalue weighted by Crippen LogP contribution is -2.07. The number of hydrogen-bond acceptors (Lipinski definition) is 3. The summed E-state index contributed by atoms with van der Waals surface area (Å²) in [4.78, 5) is 10.4. The van der Waals surface area contributed by atoms with E-state index in [1.54, 1.807) is 12.1 Å². The molecule has 104 valence electrons. The van der Waals surface area contributed by atoms with Gasteiger partial charge in [-0.05, 0) is 32.4 Å². The Bertz CT molecular complexity index is 618. The molecule has 4 nitrogen and oxygen atoms in total. The summed E-state index contributed by atoms with van der Waals surface area (Å²) >= 11 is 0. The molecule has 0 radical (unpaired) electrons. The maximum Gasteiger partial charge on any atom is 0.271 e. The van der Waals surface area contributed by atoms with Crippen molar-refractivity contribution >= 4 is 11.4 Å². The third-order valence-electron chi connectivity index (χ3n) is 3.18. The fourth-order valence-electron chi connectivity index (χ4n) is 2.30. The van der Waals surface area contributed by atoms with Crippen LogP contribution in [0.15, 0.2) is 42.5 Å². The average Bonchev–Trinajstić information content (AvgIpc) is 2.37. The predicted octanol–water partition coefficient (Wildman–Crippen LogP) is 4.38. The van der Waals surface area contributed by atoms with Crippen LogP contribution < -0.4 is 5.32 Å². The first kappa shape index (κ1) is 14.1. The number of nitrogens with zero attached hydrogens (tertiary/aromatic N) is 1. The summed E-state index contributed by atoms with van der Waals surface area (Å²) in [5.41, 5.74) is 4.46. The molecule has 0 amide bonds. The van der Waals surface area contributed by atoms with Gasteiger partial charge in [-0.2, -0.15) is 0 Å². The molecule has 0 saturated carbocycles. The molecule has 2 aromatic rings. The second kappa shape index (κ2) is 5.74. The minimum Gasteiger partial charge on any atom is -0.378 e. The van der Waals surface area contributed by atoms with Crippen LogP contribution in [0.3, 0.4) is 0 Å². The summed E-state index contributed by atoms with van der Waals surface area (Å²) in [6, 6.07) is 13.1. The molecule has 4 heteroatoms. The zero-order chi connectivity index (χ0) is 14.7. The molecule has 0 aliphatic rings. The highest BCUT2D eigenvalue weighted by atomic mass is 16.6. The molecular weight excluding hydrogens is 252 g/mol. The Kier molecular flexibility index (Phi) is 4.03. The van der Waals surface area contributed by atoms with Crippen molar-refractivity contribution < 1.29 is 4.92 Å². The summed E-state index contributed by atoms with van der Waals surface area (Å²) in [7, 11) is 0. The molecule has 0 aliphatic carbocycles. The molecule has 2 aromatic carbocycles. The lowest BCUT2D eigenvalue weighted by Gasteiger charge is -2.17. The van der Waals surface area contributed by atoms with Gasteiger partial charge in [-0.15, -0.1) is 0 Å². The third-order valence-corrected chi connectivity index (χ3v) is 3.18. The predicted molar refractivity (Wildman–Crippen MR) is 81.1 cm³/mol. The molecule has 0 fully saturated rings. The van der Waals surface area contributed by atoms with Gasteiger partial charge in [0, 0.05) is 23.9 Å². The first-order chi connectivity index (χ1) is 9.45. The fourth-order valence-corrected chi connectivity index (χ4v) is 2.30. The Morgan fingerprint density at radius 1 is 1.10 bits per heavy atom. The second-order valence-electron chi connectivity index (χ2n) is 5.09. The Labute approximate surface area is 118 Å². The number of hydrogen-bond donors (Lipinski definition) is 1. The maximum atomic E-state index is 10.8. The zero-order valence-electron chi connectivity index (χ0n) is 11.9. The molecule has 0 bridgehead atoms. The van der Waals surface area contributed by atoms with Gasteiger partial charge in [0.15, 0.2) is 0 Å². The van der Waals surface area contributed by atoms with Crippen molar-refractivity contribution in [3.05, 3.63) is 69.3 Å². The molecule has 20 heavy (non-hydrogen) atoms. The molecule has 1 unspecified atom stereocenters. The van der Waals surface area contributed by atoms with E-state index in [0.29, 0.717) is 0 Å². The number of nitro groups is 1. The van der Waals surface area contributed by atoms with E-state index >= 15 is 0 Å². The van der Waals surface area contributed by atoms with Gasteiger partial charge in [0.2, 0.25) is 0 Å². The van der Waals surface area contributed by atoms with Gasteiger partial charge in [0.05, 0.1) is 4.92 Å². The van der Waals surface area contributed by atoms with E-state index in [4.69, 9.17) is 0 Å². The van der Waals surface area contributed by atoms with Crippen LogP contribution >= 0.6 is 0 Å². The molecule has 0 heterocycles. The smallest absolute Gasteiger partial charge is 0.271 e. The van der Waals surface area contributed by atoms with Gasteiger partial charge in [-0.25, -0.2) is 0 Å². The summed E-state index contributed by atoms with van der Waals surface area (Å²) in [5.74, 6) is 0. The summed E-state index contributed by atoms with van der Waals surface area (Å²) in [6.45, 7) is 6.18. The van der Waals surface area contributed by atoms with Crippen LogP contribution in [0.1, 0.15) is 29.7 Å². The number of nitro benzene ring substituents is 1. The van der Waals surface area contributed by atoms with Crippen LogP contribution in [-0.2, 0) is 0 Å². The standard InChI is InChI=1S/C16H18N2O2/c1-11-7-12(2)9-14(8-11)13(3)17-15-5-4-6-16(10-15)18(19)20/h4-10,13,17H,1-3H3. The summed E-state index contributed by atoms with van der Waals surface area (Å²) in [5, 5.41) is 14.1. The molecular formula is C16H18N2O2. The zero-order valence-corrected chi connectivity index (χ0v) is 11.9. The SMILES string of the molecule is Cc1cc(C)cc(C(C)Nc2cccc([N+](=O)[O-])c2)c1. The number of aryl methyl sites for hydroxylation is 2. The molecule has 0 aromatic heterocycles. The van der Waals surface area contributed by atoms with Gasteiger partial charge in [0.1, 0.15) is 0 Å². The molecule has 0 saturated heterocycles. The monoisotopic (exact) mass is 270 g/mol. The van der Waals surface area contributed by atoms with Crippen LogP contribution in [0, 0.1) is 24.0 Å². The van der Waals surface area contributed by atoms with Crippen molar-refractivity contribution in [2.45, 2.75) is 26.8 Å². The Balaban J connectivity index is 2.20. The largest absolute Gasteiger partial charge is 0.378 e. The number of nitrogens with one attached hydrogen (secondary N) is 1. The minimum atomic E-state index is -0.382. The van der Waals surface area contributed by atoms with E-state index < -0.39 is 0 Å². The van der Waals surface area contributed by atoms with E-state index in [1.165, 1.54) is 22.8 Å². The molecule has 0 spiro atoms. The molecule has 1 atom stereocenters. The van der Waals surface area contributed by atoms with E-state index in [1.807, 2.05) is 13.0 Å². The van der Waals surface area contributed by atoms with Crippen LogP contribution in [0.5, 0.6) is 0 Å². The minimum absolute atomic E-state index is 0.0932. The quantitative estimate of drug-likeness (QED) is 0.662. The van der Waals surface area contributed by atoms with Crippen LogP contribution in [0.2, 0.25) is 0 Å². The molecule has 1 N–H and O–H groups in total. The van der Waals surface area contributed by atoms with E-state index in [0.717, 1.165) is 5.69 Å². The van der Waals surface area contributed by atoms with Crippen LogP contribution in [-0.4, -0.2) is 4.92 Å². The van der Waals surface area contributed by atoms with Gasteiger partial charge >= 0.3 is 0 Å². The lowest BCUT2D eigenvalue weighted by molar-refractivity contribution is -0.384. The Hall–Kier alpha value is -2.36. The van der Waals surface area contributed by atoms with Crippen molar-refractivity contribution in [1.29, 1.82) is 0 Å². The lowest BCUT2D eigenvalue weighted by atomic mass is 10.0. The van der Waals surface area contributed by atoms with Crippen molar-refractivity contribution in [2.75, 3.05) is 5.32 Å². The highest BCUT2D eigenvalue weighted by molar-refractivity contribution is 5.52. The summed E-state index contributed by atoms with van der Waals surface area (Å²) < 4.78 is 0. The Morgan fingerprint density at radius 3 is 2.35 bits per heavy atom. The highest BCUT2D eigenvalue weighted by Crippen LogP contribution is 2.24. The van der Waals surface area contributed by atoms with Crippen LogP contribution in [0.4, 0.5) is 11.4 Å². The number of non-ortho nitro benzene ring substituents is 1. The van der Waals surface area contributed by atoms with Gasteiger partial charge < -0.3 is 5.32 Å². The summed E-state index contributed by atoms with van der Waals surface area (Å²) in [6.07, 6.45) is 0. The molecule has 2 rings (SSSR count). The first-order valence-electron chi connectivity index (χ1n) is 6.55. The maximum absolute atomic E-state index is 10.8. The fraction of sp³-hybridized carbons (Fsp3) is 0.250. The van der Waals surface area contributed by atoms with E-state index in [-0.39, 0.29) is 16.7 Å². The second-order valence-corrected chi connectivity index (χ2v) is 5.09. The van der Waals surface area contributed by atoms with Gasteiger partial charge in [0.25, 0.3) is 5.69 Å². The van der Waals surface area contributed by atoms with Crippen molar-refractivity contribution in [3.8, 4) is 0 Å². The van der Waals surface area contributed by atoms with Crippen molar-refractivity contribution in [2.24, 2.45) is 0 Å². The van der Waals surface area contributed by atoms with E-state index in [9.17, 15) is 10.1 Å². The number of anilines is 1. The Morgan fingerprint density at radius 2 is 1.75 bits per heavy atom. The topological polar surface area (TPSA) is 55.2 Å². The van der Waals surface area contributed by atoms with Crippen LogP contribution in [0.25, 0.3) is 0 Å². The third kappa shape index (κ3) is 3.35. The average molecular weight is 270 g/mol. The van der Waals surface area contributed by atoms with Gasteiger partial charge in [-0.3, -0.25) is 10.1 Å². The van der Waals surface area contributed by atoms with Gasteiger partial charge in [-0.1, -0.05) is 35.4 Å². The number of benzene rings is 2.